The molecule has 0 heterocycles. The van der Waals surface area contributed by atoms with Gasteiger partial charge in [0, 0.05) is 18.8 Å². The molecule has 0 unspecified atom stereocenters. The van der Waals surface area contributed by atoms with Gasteiger partial charge in [-0.2, -0.15) is 0 Å². The van der Waals surface area contributed by atoms with Crippen LogP contribution in [-0.4, -0.2) is 30.5 Å². The zero-order valence-electron chi connectivity index (χ0n) is 10.5. The molecule has 0 saturated heterocycles. The van der Waals surface area contributed by atoms with Crippen LogP contribution in [-0.2, 0) is 4.79 Å². The Kier molecular flexibility index (Phi) is 5.33. The maximum absolute atomic E-state index is 11.8. The third-order valence-electron chi connectivity index (χ3n) is 2.47. The number of hydrogen-bond donors (Lipinski definition) is 1. The average molecular weight is 236 g/mol. The first kappa shape index (κ1) is 13.4. The molecule has 0 saturated carbocycles. The third-order valence-corrected chi connectivity index (χ3v) is 2.47. The Hall–Kier alpha value is -1.71. The Morgan fingerprint density at radius 2 is 1.94 bits per heavy atom. The minimum atomic E-state index is 0.0196. The average Bonchev–Trinajstić information content (AvgIpc) is 2.35. The van der Waals surface area contributed by atoms with Crippen LogP contribution in [0.25, 0.3) is 0 Å². The fourth-order valence-electron chi connectivity index (χ4n) is 1.53. The van der Waals surface area contributed by atoms with E-state index >= 15 is 0 Å². The van der Waals surface area contributed by atoms with Crippen LogP contribution in [0.5, 0.6) is 5.75 Å². The van der Waals surface area contributed by atoms with Crippen molar-refractivity contribution < 1.29 is 9.53 Å². The Morgan fingerprint density at radius 1 is 1.29 bits per heavy atom. The first-order valence-corrected chi connectivity index (χ1v) is 5.93. The predicted molar refractivity (Wildman–Crippen MR) is 68.9 cm³/mol. The highest BCUT2D eigenvalue weighted by molar-refractivity contribution is 5.77. The van der Waals surface area contributed by atoms with Crippen LogP contribution in [0.2, 0.25) is 0 Å². The SMILES string of the molecule is CCCN(CC)C(=O)COc1ccc(N)cc1. The van der Waals surface area contributed by atoms with Gasteiger partial charge in [-0.1, -0.05) is 6.92 Å². The van der Waals surface area contributed by atoms with Crippen molar-refractivity contribution in [3.05, 3.63) is 24.3 Å². The van der Waals surface area contributed by atoms with Crippen molar-refractivity contribution in [2.24, 2.45) is 0 Å². The molecule has 0 fully saturated rings. The van der Waals surface area contributed by atoms with Crippen molar-refractivity contribution in [3.8, 4) is 5.75 Å². The summed E-state index contributed by atoms with van der Waals surface area (Å²) in [5, 5.41) is 0. The number of likely N-dealkylation sites (N-methyl/N-ethyl adjacent to an activating group) is 1. The number of nitrogen functional groups attached to an aromatic ring is 1. The number of nitrogens with two attached hydrogens (primary N) is 1. The predicted octanol–water partition coefficient (Wildman–Crippen LogP) is 1.91. The highest BCUT2D eigenvalue weighted by Gasteiger charge is 2.10. The number of anilines is 1. The van der Waals surface area contributed by atoms with Gasteiger partial charge >= 0.3 is 0 Å². The van der Waals surface area contributed by atoms with Gasteiger partial charge in [0.15, 0.2) is 6.61 Å². The Balaban J connectivity index is 2.44. The Labute approximate surface area is 102 Å². The van der Waals surface area contributed by atoms with Crippen LogP contribution in [0.15, 0.2) is 24.3 Å². The number of hydrogen-bond acceptors (Lipinski definition) is 3. The molecular formula is C13H20N2O2. The minimum Gasteiger partial charge on any atom is -0.484 e. The summed E-state index contributed by atoms with van der Waals surface area (Å²) in [5.74, 6) is 0.686. The zero-order chi connectivity index (χ0) is 12.7. The highest BCUT2D eigenvalue weighted by atomic mass is 16.5. The van der Waals surface area contributed by atoms with Crippen molar-refractivity contribution in [2.45, 2.75) is 20.3 Å². The lowest BCUT2D eigenvalue weighted by molar-refractivity contribution is -0.133. The molecule has 1 aromatic carbocycles. The molecule has 94 valence electrons. The van der Waals surface area contributed by atoms with E-state index in [2.05, 4.69) is 6.92 Å². The summed E-state index contributed by atoms with van der Waals surface area (Å²) < 4.78 is 5.41. The third kappa shape index (κ3) is 4.34. The van der Waals surface area contributed by atoms with Crippen LogP contribution in [0.3, 0.4) is 0 Å². The number of carbonyl (C=O) groups is 1. The summed E-state index contributed by atoms with van der Waals surface area (Å²) in [7, 11) is 0. The van der Waals surface area contributed by atoms with E-state index in [1.165, 1.54) is 0 Å². The van der Waals surface area contributed by atoms with E-state index in [9.17, 15) is 4.79 Å². The van der Waals surface area contributed by atoms with Crippen LogP contribution in [0, 0.1) is 0 Å². The van der Waals surface area contributed by atoms with Gasteiger partial charge in [0.1, 0.15) is 5.75 Å². The van der Waals surface area contributed by atoms with Gasteiger partial charge in [0.2, 0.25) is 0 Å². The normalized spacial score (nSPS) is 10.0. The second kappa shape index (κ2) is 6.78. The van der Waals surface area contributed by atoms with Gasteiger partial charge in [0.05, 0.1) is 0 Å². The van der Waals surface area contributed by atoms with E-state index in [1.54, 1.807) is 29.2 Å². The second-order valence-corrected chi connectivity index (χ2v) is 3.83. The lowest BCUT2D eigenvalue weighted by Gasteiger charge is -2.20. The van der Waals surface area contributed by atoms with E-state index in [4.69, 9.17) is 10.5 Å². The smallest absolute Gasteiger partial charge is 0.260 e. The lowest BCUT2D eigenvalue weighted by atomic mass is 10.3. The van der Waals surface area contributed by atoms with Crippen LogP contribution >= 0.6 is 0 Å². The maximum Gasteiger partial charge on any atom is 0.260 e. The van der Waals surface area contributed by atoms with Crippen molar-refractivity contribution in [2.75, 3.05) is 25.4 Å². The number of rotatable bonds is 6. The summed E-state index contributed by atoms with van der Waals surface area (Å²) in [6.45, 7) is 5.60. The quantitative estimate of drug-likeness (QED) is 0.767. The van der Waals surface area contributed by atoms with Gasteiger partial charge < -0.3 is 15.4 Å². The van der Waals surface area contributed by atoms with E-state index < -0.39 is 0 Å². The molecule has 0 radical (unpaired) electrons. The van der Waals surface area contributed by atoms with E-state index in [-0.39, 0.29) is 12.5 Å². The molecule has 2 N–H and O–H groups in total. The Bertz CT molecular complexity index is 349. The van der Waals surface area contributed by atoms with Crippen molar-refractivity contribution in [1.29, 1.82) is 0 Å². The first-order valence-electron chi connectivity index (χ1n) is 5.93. The first-order chi connectivity index (χ1) is 8.17. The van der Waals surface area contributed by atoms with Crippen LogP contribution < -0.4 is 10.5 Å². The largest absolute Gasteiger partial charge is 0.484 e. The highest BCUT2D eigenvalue weighted by Crippen LogP contribution is 2.13. The van der Waals surface area contributed by atoms with Gasteiger partial charge in [-0.3, -0.25) is 4.79 Å². The molecule has 0 aliphatic heterocycles. The molecule has 1 rings (SSSR count). The summed E-state index contributed by atoms with van der Waals surface area (Å²) in [5.41, 5.74) is 6.25. The number of nitrogens with zero attached hydrogens (tertiary/aromatic N) is 1. The zero-order valence-corrected chi connectivity index (χ0v) is 10.5. The molecule has 0 bridgehead atoms. The van der Waals surface area contributed by atoms with Crippen molar-refractivity contribution in [3.63, 3.8) is 0 Å². The van der Waals surface area contributed by atoms with E-state index in [0.717, 1.165) is 19.5 Å². The summed E-state index contributed by atoms with van der Waals surface area (Å²) in [6.07, 6.45) is 0.960. The summed E-state index contributed by atoms with van der Waals surface area (Å²) in [4.78, 5) is 13.6. The van der Waals surface area contributed by atoms with Gasteiger partial charge in [-0.15, -0.1) is 0 Å². The van der Waals surface area contributed by atoms with Crippen LogP contribution in [0.1, 0.15) is 20.3 Å². The molecule has 0 aliphatic rings. The molecular weight excluding hydrogens is 216 g/mol. The number of carbonyl (C=O) groups excluding carboxylic acids is 1. The van der Waals surface area contributed by atoms with Gasteiger partial charge in [-0.05, 0) is 37.6 Å². The Morgan fingerprint density at radius 3 is 2.47 bits per heavy atom. The molecule has 4 heteroatoms. The van der Waals surface area contributed by atoms with Crippen LogP contribution in [0.4, 0.5) is 5.69 Å². The molecule has 0 aliphatic carbocycles. The molecule has 0 atom stereocenters. The maximum atomic E-state index is 11.8. The van der Waals surface area contributed by atoms with E-state index in [1.807, 2.05) is 6.92 Å². The molecule has 1 aromatic rings. The van der Waals surface area contributed by atoms with E-state index in [0.29, 0.717) is 11.4 Å². The van der Waals surface area contributed by atoms with Gasteiger partial charge in [0.25, 0.3) is 5.91 Å². The van der Waals surface area contributed by atoms with Crippen molar-refractivity contribution >= 4 is 11.6 Å². The topological polar surface area (TPSA) is 55.6 Å². The fourth-order valence-corrected chi connectivity index (χ4v) is 1.53. The number of benzene rings is 1. The minimum absolute atomic E-state index is 0.0196. The lowest BCUT2D eigenvalue weighted by Crippen LogP contribution is -2.35. The number of ether oxygens (including phenoxy) is 1. The second-order valence-electron chi connectivity index (χ2n) is 3.83. The van der Waals surface area contributed by atoms with Crippen molar-refractivity contribution in [1.82, 2.24) is 4.90 Å². The summed E-state index contributed by atoms with van der Waals surface area (Å²) >= 11 is 0. The standard InChI is InChI=1S/C13H20N2O2/c1-3-9-15(4-2)13(16)10-17-12-7-5-11(14)6-8-12/h5-8H,3-4,9-10,14H2,1-2H3. The number of amides is 1. The molecule has 0 spiro atoms. The molecule has 4 nitrogen and oxygen atoms in total. The molecule has 1 amide bonds. The molecule has 0 aromatic heterocycles. The van der Waals surface area contributed by atoms with Gasteiger partial charge in [-0.25, -0.2) is 0 Å². The monoisotopic (exact) mass is 236 g/mol. The molecule has 17 heavy (non-hydrogen) atoms. The fraction of sp³-hybridized carbons (Fsp3) is 0.462. The summed E-state index contributed by atoms with van der Waals surface area (Å²) in [6, 6.07) is 7.03.